The molecule has 0 radical (unpaired) electrons. The number of rotatable bonds is 8. The smallest absolute Gasteiger partial charge is 0.303 e. The van der Waals surface area contributed by atoms with Crippen molar-refractivity contribution in [2.45, 2.75) is 37.5 Å². The zero-order valence-electron chi connectivity index (χ0n) is 15.6. The predicted octanol–water partition coefficient (Wildman–Crippen LogP) is 3.69. The Labute approximate surface area is 171 Å². The second kappa shape index (κ2) is 8.20. The number of hydrogen-bond acceptors (Lipinski definition) is 7. The molecular weight excluding hydrogens is 393 g/mol. The van der Waals surface area contributed by atoms with Crippen LogP contribution in [-0.2, 0) is 16.6 Å². The molecule has 2 N–H and O–H groups in total. The molecule has 1 aliphatic rings. The summed E-state index contributed by atoms with van der Waals surface area (Å²) in [5.74, 6) is -0.484. The van der Waals surface area contributed by atoms with Crippen molar-refractivity contribution in [3.05, 3.63) is 53.0 Å². The molecule has 3 aromatic heterocycles. The van der Waals surface area contributed by atoms with E-state index in [1.54, 1.807) is 18.5 Å². The van der Waals surface area contributed by atoms with Gasteiger partial charge in [-0.2, -0.15) is 0 Å². The topological polar surface area (TPSA) is 101 Å². The lowest BCUT2D eigenvalue weighted by molar-refractivity contribution is -0.136. The highest BCUT2D eigenvalue weighted by Crippen LogP contribution is 2.43. The van der Waals surface area contributed by atoms with Crippen LogP contribution in [0.3, 0.4) is 0 Å². The van der Waals surface area contributed by atoms with Gasteiger partial charge in [0.2, 0.25) is 0 Å². The lowest BCUT2D eigenvalue weighted by Gasteiger charge is -2.41. The molecule has 1 saturated carbocycles. The first-order valence-electron chi connectivity index (χ1n) is 9.41. The van der Waals surface area contributed by atoms with Gasteiger partial charge in [0.15, 0.2) is 0 Å². The Morgan fingerprint density at radius 3 is 2.76 bits per heavy atom. The van der Waals surface area contributed by atoms with Crippen molar-refractivity contribution in [3.8, 4) is 10.7 Å². The largest absolute Gasteiger partial charge is 0.481 e. The van der Waals surface area contributed by atoms with Gasteiger partial charge in [0.05, 0.1) is 12.1 Å². The summed E-state index contributed by atoms with van der Waals surface area (Å²) in [6.07, 6.45) is 6.66. The molecule has 1 aliphatic carbocycles. The minimum Gasteiger partial charge on any atom is -0.481 e. The quantitative estimate of drug-likeness (QED) is 0.581. The average Bonchev–Trinajstić information content (AvgIpc) is 3.16. The molecule has 3 heterocycles. The molecule has 29 heavy (non-hydrogen) atoms. The van der Waals surface area contributed by atoms with E-state index in [0.717, 1.165) is 24.1 Å². The summed E-state index contributed by atoms with van der Waals surface area (Å²) in [4.78, 5) is 20.2. The Balaban J connectivity index is 1.41. The van der Waals surface area contributed by atoms with E-state index >= 15 is 0 Å². The summed E-state index contributed by atoms with van der Waals surface area (Å²) in [7, 11) is 0. The first-order chi connectivity index (χ1) is 14.1. The molecular formula is C20H20FN5O2S. The number of anilines is 1. The standard InChI is InChI=1S/C20H20FN5O2S/c21-14-3-1-10-22-18(14)20(8-2-9-20)12-24-16-6-5-15(25-26-16)19-23-11-13(29-19)4-7-17(27)28/h1,3,5-6,10-11H,2,4,7-9,12H2,(H,24,26)(H,27,28). The Kier molecular flexibility index (Phi) is 5.48. The van der Waals surface area contributed by atoms with Gasteiger partial charge in [-0.05, 0) is 43.5 Å². The van der Waals surface area contributed by atoms with E-state index < -0.39 is 5.97 Å². The second-order valence-electron chi connectivity index (χ2n) is 7.15. The van der Waals surface area contributed by atoms with Gasteiger partial charge in [-0.1, -0.05) is 6.42 Å². The third kappa shape index (κ3) is 4.24. The van der Waals surface area contributed by atoms with Crippen LogP contribution in [0.25, 0.3) is 10.7 Å². The minimum atomic E-state index is -0.829. The number of pyridine rings is 1. The second-order valence-corrected chi connectivity index (χ2v) is 8.27. The zero-order valence-corrected chi connectivity index (χ0v) is 16.5. The summed E-state index contributed by atoms with van der Waals surface area (Å²) in [6, 6.07) is 6.70. The number of carbonyl (C=O) groups is 1. The molecule has 9 heteroatoms. The zero-order chi connectivity index (χ0) is 20.3. The van der Waals surface area contributed by atoms with E-state index in [0.29, 0.717) is 35.2 Å². The Morgan fingerprint density at radius 1 is 1.24 bits per heavy atom. The first-order valence-corrected chi connectivity index (χ1v) is 10.2. The molecule has 0 spiro atoms. The van der Waals surface area contributed by atoms with Gasteiger partial charge in [-0.15, -0.1) is 21.5 Å². The Hall–Kier alpha value is -2.94. The molecule has 0 atom stereocenters. The monoisotopic (exact) mass is 413 g/mol. The minimum absolute atomic E-state index is 0.0782. The fourth-order valence-electron chi connectivity index (χ4n) is 3.45. The molecule has 4 rings (SSSR count). The van der Waals surface area contributed by atoms with Crippen LogP contribution in [0, 0.1) is 5.82 Å². The Morgan fingerprint density at radius 2 is 2.10 bits per heavy atom. The van der Waals surface area contributed by atoms with Crippen molar-refractivity contribution in [2.75, 3.05) is 11.9 Å². The highest BCUT2D eigenvalue weighted by Gasteiger charge is 2.41. The van der Waals surface area contributed by atoms with Gasteiger partial charge in [0.25, 0.3) is 0 Å². The summed E-state index contributed by atoms with van der Waals surface area (Å²) < 4.78 is 14.2. The number of nitrogens with one attached hydrogen (secondary N) is 1. The number of aliphatic carboxylic acids is 1. The van der Waals surface area contributed by atoms with Gasteiger partial charge in [-0.25, -0.2) is 9.37 Å². The SMILES string of the molecule is O=C(O)CCc1cnc(-c2ccc(NCC3(c4ncccc4F)CCC3)nn2)s1. The maximum atomic E-state index is 14.2. The number of aromatic nitrogens is 4. The van der Waals surface area contributed by atoms with E-state index in [2.05, 4.69) is 25.5 Å². The van der Waals surface area contributed by atoms with Gasteiger partial charge in [0.1, 0.15) is 22.3 Å². The van der Waals surface area contributed by atoms with Crippen LogP contribution < -0.4 is 5.32 Å². The van der Waals surface area contributed by atoms with Gasteiger partial charge in [-0.3, -0.25) is 9.78 Å². The number of carboxylic acid groups (broad SMARTS) is 1. The summed E-state index contributed by atoms with van der Waals surface area (Å²) >= 11 is 1.42. The van der Waals surface area contributed by atoms with E-state index in [-0.39, 0.29) is 17.7 Å². The molecule has 0 unspecified atom stereocenters. The van der Waals surface area contributed by atoms with Crippen LogP contribution in [0.1, 0.15) is 36.3 Å². The van der Waals surface area contributed by atoms with Crippen LogP contribution in [0.4, 0.5) is 10.2 Å². The van der Waals surface area contributed by atoms with E-state index in [9.17, 15) is 9.18 Å². The predicted molar refractivity (Wildman–Crippen MR) is 107 cm³/mol. The van der Waals surface area contributed by atoms with E-state index in [1.807, 2.05) is 12.1 Å². The molecule has 0 amide bonds. The fraction of sp³-hybridized carbons (Fsp3) is 0.350. The van der Waals surface area contributed by atoms with Crippen molar-refractivity contribution < 1.29 is 14.3 Å². The van der Waals surface area contributed by atoms with E-state index in [1.165, 1.54) is 17.4 Å². The maximum Gasteiger partial charge on any atom is 0.303 e. The van der Waals surface area contributed by atoms with Crippen molar-refractivity contribution >= 4 is 23.1 Å². The summed E-state index contributed by atoms with van der Waals surface area (Å²) in [5, 5.41) is 21.2. The number of hydrogen-bond donors (Lipinski definition) is 2. The van der Waals surface area contributed by atoms with Crippen LogP contribution in [0.5, 0.6) is 0 Å². The third-order valence-corrected chi connectivity index (χ3v) is 6.28. The van der Waals surface area contributed by atoms with Crippen LogP contribution in [0.15, 0.2) is 36.7 Å². The highest BCUT2D eigenvalue weighted by atomic mass is 32.1. The van der Waals surface area contributed by atoms with Gasteiger partial charge >= 0.3 is 5.97 Å². The number of aryl methyl sites for hydroxylation is 1. The van der Waals surface area contributed by atoms with Crippen molar-refractivity contribution in [1.29, 1.82) is 0 Å². The molecule has 0 bridgehead atoms. The lowest BCUT2D eigenvalue weighted by Crippen LogP contribution is -2.42. The molecule has 7 nitrogen and oxygen atoms in total. The third-order valence-electron chi connectivity index (χ3n) is 5.20. The normalized spacial score (nSPS) is 14.9. The number of carboxylic acids is 1. The van der Waals surface area contributed by atoms with E-state index in [4.69, 9.17) is 5.11 Å². The lowest BCUT2D eigenvalue weighted by atomic mass is 9.66. The number of nitrogens with zero attached hydrogens (tertiary/aromatic N) is 4. The molecule has 0 saturated heterocycles. The van der Waals surface area contributed by atoms with Crippen molar-refractivity contribution in [2.24, 2.45) is 0 Å². The average molecular weight is 413 g/mol. The fourth-order valence-corrected chi connectivity index (χ4v) is 4.33. The molecule has 3 aromatic rings. The molecule has 150 valence electrons. The van der Waals surface area contributed by atoms with Gasteiger partial charge < -0.3 is 10.4 Å². The van der Waals surface area contributed by atoms with Crippen molar-refractivity contribution in [3.63, 3.8) is 0 Å². The van der Waals surface area contributed by atoms with Crippen LogP contribution >= 0.6 is 11.3 Å². The summed E-state index contributed by atoms with van der Waals surface area (Å²) in [5.41, 5.74) is 0.844. The van der Waals surface area contributed by atoms with Gasteiger partial charge in [0, 0.05) is 29.2 Å². The maximum absolute atomic E-state index is 14.2. The summed E-state index contributed by atoms with van der Waals surface area (Å²) in [6.45, 7) is 0.547. The van der Waals surface area contributed by atoms with Crippen LogP contribution in [0.2, 0.25) is 0 Å². The van der Waals surface area contributed by atoms with Crippen LogP contribution in [-0.4, -0.2) is 37.8 Å². The number of halogens is 1. The molecule has 1 fully saturated rings. The molecule has 0 aromatic carbocycles. The molecule has 0 aliphatic heterocycles. The number of thiazole rings is 1. The van der Waals surface area contributed by atoms with Crippen molar-refractivity contribution in [1.82, 2.24) is 20.2 Å². The Bertz CT molecular complexity index is 1000. The highest BCUT2D eigenvalue weighted by molar-refractivity contribution is 7.15. The first kappa shape index (κ1) is 19.4.